The molecule has 0 aliphatic carbocycles. The van der Waals surface area contributed by atoms with Crippen molar-refractivity contribution in [3.63, 3.8) is 0 Å². The molecule has 30 heavy (non-hydrogen) atoms. The van der Waals surface area contributed by atoms with Crippen molar-refractivity contribution in [3.8, 4) is 0 Å². The lowest BCUT2D eigenvalue weighted by Gasteiger charge is -2.03. The molecular weight excluding hydrogens is 364 g/mol. The number of pyridine rings is 1. The highest BCUT2D eigenvalue weighted by Gasteiger charge is 2.10. The Hall–Kier alpha value is -3.52. The first kappa shape index (κ1) is 24.5. The zero-order valence-corrected chi connectivity index (χ0v) is 18.4. The zero-order chi connectivity index (χ0) is 22.2. The van der Waals surface area contributed by atoms with Crippen LogP contribution in [0.5, 0.6) is 0 Å². The molecular formula is C28H34N2+2. The minimum Gasteiger partial charge on any atom is -0.201 e. The molecule has 0 fully saturated rings. The number of hydrogen-bond donors (Lipinski definition) is 0. The second-order valence-electron chi connectivity index (χ2n) is 6.79. The van der Waals surface area contributed by atoms with Crippen LogP contribution in [-0.4, -0.2) is 17.3 Å². The summed E-state index contributed by atoms with van der Waals surface area (Å²) >= 11 is 0. The van der Waals surface area contributed by atoms with E-state index in [2.05, 4.69) is 80.7 Å². The first-order valence-corrected chi connectivity index (χ1v) is 10.0. The first-order chi connectivity index (χ1) is 14.5. The fourth-order valence-electron chi connectivity index (χ4n) is 2.72. The predicted molar refractivity (Wildman–Crippen MR) is 132 cm³/mol. The fourth-order valence-corrected chi connectivity index (χ4v) is 2.72. The van der Waals surface area contributed by atoms with Crippen molar-refractivity contribution in [2.75, 3.05) is 6.54 Å². The van der Waals surface area contributed by atoms with Crippen molar-refractivity contribution in [1.82, 2.24) is 0 Å². The van der Waals surface area contributed by atoms with Crippen LogP contribution in [-0.2, 0) is 6.54 Å². The third-order valence-electron chi connectivity index (χ3n) is 4.09. The van der Waals surface area contributed by atoms with Crippen LogP contribution >= 0.6 is 0 Å². The van der Waals surface area contributed by atoms with Gasteiger partial charge in [0.2, 0.25) is 0 Å². The van der Waals surface area contributed by atoms with Gasteiger partial charge in [-0.1, -0.05) is 81.0 Å². The van der Waals surface area contributed by atoms with Crippen LogP contribution in [0.4, 0.5) is 0 Å². The summed E-state index contributed by atoms with van der Waals surface area (Å²) in [6, 6.07) is 4.15. The smallest absolute Gasteiger partial charge is 0.177 e. The van der Waals surface area contributed by atoms with Crippen LogP contribution in [0.1, 0.15) is 19.4 Å². The van der Waals surface area contributed by atoms with Crippen LogP contribution in [0.15, 0.2) is 129 Å². The molecule has 0 aliphatic rings. The van der Waals surface area contributed by atoms with Crippen LogP contribution in [0.3, 0.4) is 0 Å². The molecule has 0 amide bonds. The second-order valence-corrected chi connectivity index (χ2v) is 6.79. The second kappa shape index (κ2) is 14.5. The third kappa shape index (κ3) is 9.61. The molecule has 154 valence electrons. The molecule has 1 aromatic rings. The van der Waals surface area contributed by atoms with E-state index in [1.807, 2.05) is 54.2 Å². The number of hydrogen-bond acceptors (Lipinski definition) is 0. The van der Waals surface area contributed by atoms with E-state index in [1.54, 1.807) is 12.2 Å². The number of nitrogens with zero attached hydrogens (tertiary/aromatic N) is 2. The largest absolute Gasteiger partial charge is 0.201 e. The Morgan fingerprint density at radius 1 is 1.10 bits per heavy atom. The van der Waals surface area contributed by atoms with Crippen LogP contribution in [0.2, 0.25) is 0 Å². The van der Waals surface area contributed by atoms with Crippen LogP contribution < -0.4 is 4.57 Å². The van der Waals surface area contributed by atoms with Gasteiger partial charge in [-0.3, -0.25) is 0 Å². The fraction of sp³-hybridized carbons (Fsp3) is 0.143. The molecule has 0 atom stereocenters. The molecule has 0 radical (unpaired) electrons. The maximum atomic E-state index is 4.10. The minimum absolute atomic E-state index is 0.654. The molecule has 0 N–H and O–H groups in total. The van der Waals surface area contributed by atoms with Crippen molar-refractivity contribution in [2.24, 2.45) is 0 Å². The third-order valence-corrected chi connectivity index (χ3v) is 4.09. The molecule has 2 nitrogen and oxygen atoms in total. The first-order valence-electron chi connectivity index (χ1n) is 10.0. The summed E-state index contributed by atoms with van der Waals surface area (Å²) in [5.74, 6) is 0. The van der Waals surface area contributed by atoms with Gasteiger partial charge in [0.05, 0.1) is 11.1 Å². The molecule has 2 heteroatoms. The average Bonchev–Trinajstić information content (AvgIpc) is 2.73. The Morgan fingerprint density at radius 2 is 1.90 bits per heavy atom. The standard InChI is InChI=1S/C28H34N2/c1-7-11-13-14-17-26(6)22-30-20-15-18-28(24-30)27(10-4)23-29(19-9-3)21-25(5)16-12-8-2/h7-20,23-24H,2-5,21-22H2,1,6H3/q+2/b11-7-,14-13-,16-12-,26-17+,27-23+,29-19-. The van der Waals surface area contributed by atoms with Crippen LogP contribution in [0, 0.1) is 0 Å². The summed E-state index contributed by atoms with van der Waals surface area (Å²) < 4.78 is 4.23. The molecule has 0 spiro atoms. The van der Waals surface area contributed by atoms with Crippen molar-refractivity contribution in [1.29, 1.82) is 0 Å². The normalized spacial score (nSPS) is 13.3. The van der Waals surface area contributed by atoms with E-state index in [4.69, 9.17) is 0 Å². The van der Waals surface area contributed by atoms with Gasteiger partial charge in [-0.05, 0) is 31.6 Å². The van der Waals surface area contributed by atoms with Crippen LogP contribution in [0.25, 0.3) is 5.57 Å². The van der Waals surface area contributed by atoms with Gasteiger partial charge in [-0.2, -0.15) is 0 Å². The summed E-state index contributed by atoms with van der Waals surface area (Å²) in [5.41, 5.74) is 4.37. The molecule has 1 heterocycles. The summed E-state index contributed by atoms with van der Waals surface area (Å²) in [4.78, 5) is 0. The highest BCUT2D eigenvalue weighted by molar-refractivity contribution is 5.72. The van der Waals surface area contributed by atoms with Gasteiger partial charge >= 0.3 is 0 Å². The van der Waals surface area contributed by atoms with Crippen molar-refractivity contribution in [2.45, 2.75) is 20.4 Å². The van der Waals surface area contributed by atoms with Gasteiger partial charge < -0.3 is 0 Å². The van der Waals surface area contributed by atoms with Gasteiger partial charge in [-0.15, -0.1) is 0 Å². The summed E-state index contributed by atoms with van der Waals surface area (Å²) in [6.45, 7) is 21.2. The van der Waals surface area contributed by atoms with Gasteiger partial charge in [0.15, 0.2) is 37.9 Å². The van der Waals surface area contributed by atoms with E-state index in [-0.39, 0.29) is 0 Å². The number of aromatic nitrogens is 1. The van der Waals surface area contributed by atoms with E-state index in [1.165, 1.54) is 5.57 Å². The molecule has 1 rings (SSSR count). The van der Waals surface area contributed by atoms with Crippen molar-refractivity contribution in [3.05, 3.63) is 135 Å². The molecule has 0 bridgehead atoms. The number of allylic oxidation sites excluding steroid dienone is 11. The molecule has 0 saturated heterocycles. The monoisotopic (exact) mass is 398 g/mol. The molecule has 0 aromatic carbocycles. The lowest BCUT2D eigenvalue weighted by molar-refractivity contribution is -0.689. The quantitative estimate of drug-likeness (QED) is 0.226. The average molecular weight is 399 g/mol. The summed E-state index contributed by atoms with van der Waals surface area (Å²) in [5, 5.41) is 0. The maximum Gasteiger partial charge on any atom is 0.177 e. The highest BCUT2D eigenvalue weighted by Crippen LogP contribution is 2.14. The van der Waals surface area contributed by atoms with E-state index in [0.29, 0.717) is 6.54 Å². The topological polar surface area (TPSA) is 6.89 Å². The Kier molecular flexibility index (Phi) is 11.8. The van der Waals surface area contributed by atoms with E-state index in [0.717, 1.165) is 23.3 Å². The highest BCUT2D eigenvalue weighted by atomic mass is 15.0. The Bertz CT molecular complexity index is 931. The van der Waals surface area contributed by atoms with E-state index < -0.39 is 0 Å². The SMILES string of the molecule is C=C/C=C\C(=C)C[N+](=C/C=C)/C=C(\C=C)c1ccc[n+](C/C(C)=C/C=C\C=C/C)c1. The van der Waals surface area contributed by atoms with Gasteiger partial charge in [-0.25, -0.2) is 9.14 Å². The summed E-state index contributed by atoms with van der Waals surface area (Å²) in [6.07, 6.45) is 27.7. The molecule has 0 saturated carbocycles. The zero-order valence-electron chi connectivity index (χ0n) is 18.4. The molecule has 1 aromatic heterocycles. The molecule has 0 unspecified atom stereocenters. The lowest BCUT2D eigenvalue weighted by Crippen LogP contribution is -2.33. The maximum absolute atomic E-state index is 4.10. The van der Waals surface area contributed by atoms with Gasteiger partial charge in [0.1, 0.15) is 0 Å². The Balaban J connectivity index is 3.10. The lowest BCUT2D eigenvalue weighted by atomic mass is 10.1. The predicted octanol–water partition coefficient (Wildman–Crippen LogP) is 6.15. The number of rotatable bonds is 12. The van der Waals surface area contributed by atoms with Gasteiger partial charge in [0, 0.05) is 11.6 Å². The minimum atomic E-state index is 0.654. The Morgan fingerprint density at radius 3 is 2.57 bits per heavy atom. The van der Waals surface area contributed by atoms with E-state index >= 15 is 0 Å². The molecule has 0 aliphatic heterocycles. The van der Waals surface area contributed by atoms with E-state index in [9.17, 15) is 0 Å². The summed E-state index contributed by atoms with van der Waals surface area (Å²) in [7, 11) is 0. The Labute approximate surface area is 182 Å². The van der Waals surface area contributed by atoms with Gasteiger partial charge in [0.25, 0.3) is 0 Å². The van der Waals surface area contributed by atoms with Crippen molar-refractivity contribution >= 4 is 11.8 Å². The van der Waals surface area contributed by atoms with Crippen molar-refractivity contribution < 1.29 is 9.14 Å².